The van der Waals surface area contributed by atoms with Crippen LogP contribution in [-0.4, -0.2) is 53.7 Å². The summed E-state index contributed by atoms with van der Waals surface area (Å²) in [5.74, 6) is 1.39. The quantitative estimate of drug-likeness (QED) is 0.395. The van der Waals surface area contributed by atoms with Crippen molar-refractivity contribution < 1.29 is 14.1 Å². The summed E-state index contributed by atoms with van der Waals surface area (Å²) in [6.45, 7) is 5.06. The smallest absolute Gasteiger partial charge is 0.324 e. The Labute approximate surface area is 198 Å². The number of anilines is 1. The van der Waals surface area contributed by atoms with Gasteiger partial charge in [0.25, 0.3) is 0 Å². The second kappa shape index (κ2) is 9.79. The lowest BCUT2D eigenvalue weighted by atomic mass is 10.1. The maximum absolute atomic E-state index is 12.6. The molecule has 1 amide bonds. The van der Waals surface area contributed by atoms with Crippen LogP contribution in [0, 0.1) is 0 Å². The van der Waals surface area contributed by atoms with Crippen LogP contribution in [0.25, 0.3) is 28.2 Å². The predicted octanol–water partition coefficient (Wildman–Crippen LogP) is 4.65. The number of piperazine rings is 1. The topological polar surface area (TPSA) is 71.7 Å². The van der Waals surface area contributed by atoms with E-state index >= 15 is 0 Å². The van der Waals surface area contributed by atoms with Gasteiger partial charge < -0.3 is 19.1 Å². The molecule has 3 aromatic carbocycles. The molecular weight excluding hydrogens is 428 g/mol. The van der Waals surface area contributed by atoms with Crippen molar-refractivity contribution >= 4 is 28.8 Å². The summed E-state index contributed by atoms with van der Waals surface area (Å²) in [5.41, 5.74) is 1.88. The number of benzene rings is 3. The molecule has 5 rings (SSSR count). The summed E-state index contributed by atoms with van der Waals surface area (Å²) < 4.78 is 11.0. The monoisotopic (exact) mass is 454 g/mol. The number of rotatable bonds is 6. The van der Waals surface area contributed by atoms with Gasteiger partial charge in [-0.3, -0.25) is 4.79 Å². The highest BCUT2D eigenvalue weighted by Gasteiger charge is 2.23. The summed E-state index contributed by atoms with van der Waals surface area (Å²) in [6.07, 6.45) is 3.45. The van der Waals surface area contributed by atoms with E-state index in [0.29, 0.717) is 44.6 Å². The number of amides is 1. The van der Waals surface area contributed by atoms with Crippen LogP contribution in [0.2, 0.25) is 0 Å². The lowest BCUT2D eigenvalue weighted by Crippen LogP contribution is -2.48. The molecule has 0 unspecified atom stereocenters. The van der Waals surface area contributed by atoms with Crippen LogP contribution in [0.4, 0.5) is 6.01 Å². The maximum atomic E-state index is 12.6. The van der Waals surface area contributed by atoms with Crippen molar-refractivity contribution in [3.63, 3.8) is 0 Å². The van der Waals surface area contributed by atoms with Gasteiger partial charge in [0, 0.05) is 37.8 Å². The minimum Gasteiger partial charge on any atom is -0.494 e. The molecule has 1 aromatic heterocycles. The second-order valence-corrected chi connectivity index (χ2v) is 8.11. The molecule has 1 aliphatic heterocycles. The average Bonchev–Trinajstić information content (AvgIpc) is 3.38. The van der Waals surface area contributed by atoms with E-state index in [2.05, 4.69) is 34.4 Å². The van der Waals surface area contributed by atoms with E-state index in [-0.39, 0.29) is 5.91 Å². The molecule has 1 aliphatic rings. The Morgan fingerprint density at radius 2 is 1.76 bits per heavy atom. The first-order chi connectivity index (χ1) is 16.7. The summed E-state index contributed by atoms with van der Waals surface area (Å²) >= 11 is 0. The van der Waals surface area contributed by atoms with E-state index in [4.69, 9.17) is 9.26 Å². The minimum atomic E-state index is -0.00378. The standard InChI is InChI=1S/C27H26N4O3/c1-2-33-24-12-7-20(8-13-24)9-14-25(32)30-15-17-31(18-16-30)27-28-26(29-34-27)23-11-10-21-5-3-4-6-22(21)19-23/h3-14,19H,2,15-18H2,1H3/b14-9+. The molecule has 0 bridgehead atoms. The molecular formula is C27H26N4O3. The van der Waals surface area contributed by atoms with E-state index in [1.54, 1.807) is 6.08 Å². The molecule has 172 valence electrons. The molecule has 7 heteroatoms. The van der Waals surface area contributed by atoms with Crippen molar-refractivity contribution in [2.24, 2.45) is 0 Å². The largest absolute Gasteiger partial charge is 0.494 e. The van der Waals surface area contributed by atoms with Crippen LogP contribution in [0.1, 0.15) is 12.5 Å². The van der Waals surface area contributed by atoms with Crippen LogP contribution in [0.3, 0.4) is 0 Å². The zero-order valence-corrected chi connectivity index (χ0v) is 19.1. The maximum Gasteiger partial charge on any atom is 0.324 e. The van der Waals surface area contributed by atoms with Crippen LogP contribution in [0.5, 0.6) is 5.75 Å². The fraction of sp³-hybridized carbons (Fsp3) is 0.222. The van der Waals surface area contributed by atoms with Crippen molar-refractivity contribution in [2.45, 2.75) is 6.92 Å². The van der Waals surface area contributed by atoms with Crippen LogP contribution >= 0.6 is 0 Å². The lowest BCUT2D eigenvalue weighted by Gasteiger charge is -2.32. The highest BCUT2D eigenvalue weighted by Crippen LogP contribution is 2.25. The van der Waals surface area contributed by atoms with E-state index < -0.39 is 0 Å². The Balaban J connectivity index is 1.18. The van der Waals surface area contributed by atoms with Crippen LogP contribution in [0.15, 0.2) is 77.3 Å². The summed E-state index contributed by atoms with van der Waals surface area (Å²) in [6, 6.07) is 22.5. The van der Waals surface area contributed by atoms with Gasteiger partial charge in [0.15, 0.2) is 0 Å². The number of carbonyl (C=O) groups excluding carboxylic acids is 1. The minimum absolute atomic E-state index is 0.00378. The first-order valence-corrected chi connectivity index (χ1v) is 11.5. The molecule has 0 atom stereocenters. The SMILES string of the molecule is CCOc1ccc(/C=C/C(=O)N2CCN(c3nc(-c4ccc5ccccc5c4)no3)CC2)cc1. The average molecular weight is 455 g/mol. The van der Waals surface area contributed by atoms with Gasteiger partial charge in [0.2, 0.25) is 11.7 Å². The molecule has 34 heavy (non-hydrogen) atoms. The van der Waals surface area contributed by atoms with E-state index in [1.807, 2.05) is 65.3 Å². The van der Waals surface area contributed by atoms with E-state index in [9.17, 15) is 4.79 Å². The van der Waals surface area contributed by atoms with Gasteiger partial charge in [-0.05, 0) is 47.5 Å². The van der Waals surface area contributed by atoms with E-state index in [1.165, 1.54) is 5.39 Å². The molecule has 0 spiro atoms. The highest BCUT2D eigenvalue weighted by molar-refractivity contribution is 5.92. The van der Waals surface area contributed by atoms with Gasteiger partial charge in [0.05, 0.1) is 6.61 Å². The highest BCUT2D eigenvalue weighted by atomic mass is 16.5. The fourth-order valence-corrected chi connectivity index (χ4v) is 4.02. The van der Waals surface area contributed by atoms with Crippen molar-refractivity contribution in [3.05, 3.63) is 78.4 Å². The van der Waals surface area contributed by atoms with Crippen LogP contribution < -0.4 is 9.64 Å². The second-order valence-electron chi connectivity index (χ2n) is 8.11. The fourth-order valence-electron chi connectivity index (χ4n) is 4.02. The first-order valence-electron chi connectivity index (χ1n) is 11.5. The third-order valence-electron chi connectivity index (χ3n) is 5.89. The zero-order valence-electron chi connectivity index (χ0n) is 19.1. The predicted molar refractivity (Wildman–Crippen MR) is 133 cm³/mol. The third kappa shape index (κ3) is 4.78. The van der Waals surface area contributed by atoms with Gasteiger partial charge in [0.1, 0.15) is 5.75 Å². The van der Waals surface area contributed by atoms with E-state index in [0.717, 1.165) is 22.3 Å². The third-order valence-corrected chi connectivity index (χ3v) is 5.89. The van der Waals surface area contributed by atoms with Gasteiger partial charge in [-0.15, -0.1) is 0 Å². The Bertz CT molecular complexity index is 1300. The lowest BCUT2D eigenvalue weighted by molar-refractivity contribution is -0.126. The molecule has 4 aromatic rings. The molecule has 7 nitrogen and oxygen atoms in total. The number of hydrogen-bond donors (Lipinski definition) is 0. The number of fused-ring (bicyclic) bond motifs is 1. The first kappa shape index (κ1) is 21.7. The number of ether oxygens (including phenoxy) is 1. The molecule has 0 saturated carbocycles. The number of carbonyl (C=O) groups is 1. The van der Waals surface area contributed by atoms with Crippen molar-refractivity contribution in [1.29, 1.82) is 0 Å². The molecule has 1 fully saturated rings. The number of aromatic nitrogens is 2. The summed E-state index contributed by atoms with van der Waals surface area (Å²) in [4.78, 5) is 21.1. The zero-order chi connectivity index (χ0) is 23.3. The van der Waals surface area contributed by atoms with Crippen molar-refractivity contribution in [3.8, 4) is 17.1 Å². The number of nitrogens with zero attached hydrogens (tertiary/aromatic N) is 4. The summed E-state index contributed by atoms with van der Waals surface area (Å²) in [5, 5.41) is 6.48. The Hall–Kier alpha value is -4.13. The molecule has 0 radical (unpaired) electrons. The van der Waals surface area contributed by atoms with Gasteiger partial charge >= 0.3 is 6.01 Å². The molecule has 2 heterocycles. The Morgan fingerprint density at radius 3 is 2.53 bits per heavy atom. The van der Waals surface area contributed by atoms with Gasteiger partial charge in [-0.25, -0.2) is 0 Å². The van der Waals surface area contributed by atoms with Crippen molar-refractivity contribution in [2.75, 3.05) is 37.7 Å². The van der Waals surface area contributed by atoms with Crippen LogP contribution in [-0.2, 0) is 4.79 Å². The summed E-state index contributed by atoms with van der Waals surface area (Å²) in [7, 11) is 0. The van der Waals surface area contributed by atoms with Gasteiger partial charge in [-0.1, -0.05) is 53.7 Å². The van der Waals surface area contributed by atoms with Crippen molar-refractivity contribution in [1.82, 2.24) is 15.0 Å². The normalized spacial score (nSPS) is 14.1. The van der Waals surface area contributed by atoms with Gasteiger partial charge in [-0.2, -0.15) is 4.98 Å². The molecule has 0 N–H and O–H groups in total. The molecule has 0 aliphatic carbocycles. The number of hydrogen-bond acceptors (Lipinski definition) is 6. The molecule has 1 saturated heterocycles. The Kier molecular flexibility index (Phi) is 6.25. The Morgan fingerprint density at radius 1 is 1.00 bits per heavy atom.